The Labute approximate surface area is 130 Å². The molecule has 2 rings (SSSR count). The molecule has 1 aliphatic rings. The van der Waals surface area contributed by atoms with Gasteiger partial charge < -0.3 is 15.1 Å². The van der Waals surface area contributed by atoms with Crippen molar-refractivity contribution in [1.29, 1.82) is 0 Å². The van der Waals surface area contributed by atoms with Crippen molar-refractivity contribution in [3.63, 3.8) is 0 Å². The van der Waals surface area contributed by atoms with Crippen molar-refractivity contribution in [3.8, 4) is 0 Å². The molecule has 0 saturated carbocycles. The lowest BCUT2D eigenvalue weighted by molar-refractivity contribution is -0.126. The molecular weight excluding hydrogens is 284 g/mol. The average Bonchev–Trinajstić information content (AvgIpc) is 2.92. The van der Waals surface area contributed by atoms with Crippen LogP contribution in [0.5, 0.6) is 0 Å². The normalized spacial score (nSPS) is 15.7. The summed E-state index contributed by atoms with van der Waals surface area (Å²) in [4.78, 5) is 27.3. The van der Waals surface area contributed by atoms with Crippen molar-refractivity contribution in [2.24, 2.45) is 5.92 Å². The van der Waals surface area contributed by atoms with E-state index in [1.54, 1.807) is 28.6 Å². The van der Waals surface area contributed by atoms with Gasteiger partial charge in [0.05, 0.1) is 12.2 Å². The number of aromatic nitrogens is 3. The zero-order valence-corrected chi connectivity index (χ0v) is 13.4. The van der Waals surface area contributed by atoms with Crippen LogP contribution in [0, 0.1) is 12.8 Å². The van der Waals surface area contributed by atoms with E-state index in [1.807, 2.05) is 13.1 Å². The molecule has 22 heavy (non-hydrogen) atoms. The van der Waals surface area contributed by atoms with Gasteiger partial charge in [-0.15, -0.1) is 5.10 Å². The smallest absolute Gasteiger partial charge is 0.319 e. The lowest BCUT2D eigenvalue weighted by Crippen LogP contribution is -2.46. The van der Waals surface area contributed by atoms with Gasteiger partial charge in [0, 0.05) is 45.8 Å². The molecule has 1 aromatic heterocycles. The Balaban J connectivity index is 1.70. The molecule has 8 heteroatoms. The Morgan fingerprint density at radius 3 is 2.59 bits per heavy atom. The monoisotopic (exact) mass is 308 g/mol. The molecule has 0 spiro atoms. The van der Waals surface area contributed by atoms with Crippen molar-refractivity contribution >= 4 is 11.9 Å². The standard InChI is InChI=1S/C14H24N6O2/c1-11-10-20(17-16-11)9-6-15-13(21)12-4-7-19(8-5-12)14(22)18(2)3/h10,12H,4-9H2,1-3H3,(H,15,21). The maximum absolute atomic E-state index is 12.1. The summed E-state index contributed by atoms with van der Waals surface area (Å²) in [5.74, 6) is 0.0532. The van der Waals surface area contributed by atoms with E-state index in [4.69, 9.17) is 0 Å². The fourth-order valence-electron chi connectivity index (χ4n) is 2.56. The van der Waals surface area contributed by atoms with E-state index >= 15 is 0 Å². The van der Waals surface area contributed by atoms with E-state index in [0.717, 1.165) is 5.69 Å². The minimum atomic E-state index is -0.0105. The number of piperidine rings is 1. The number of carbonyl (C=O) groups excluding carboxylic acids is 2. The van der Waals surface area contributed by atoms with E-state index in [9.17, 15) is 9.59 Å². The molecule has 8 nitrogen and oxygen atoms in total. The Kier molecular flexibility index (Phi) is 5.35. The number of carbonyl (C=O) groups is 2. The molecule has 0 atom stereocenters. The topological polar surface area (TPSA) is 83.4 Å². The van der Waals surface area contributed by atoms with Gasteiger partial charge in [-0.25, -0.2) is 4.79 Å². The average molecular weight is 308 g/mol. The maximum atomic E-state index is 12.1. The van der Waals surface area contributed by atoms with Gasteiger partial charge in [-0.1, -0.05) is 5.21 Å². The second-order valence-electron chi connectivity index (χ2n) is 5.85. The number of nitrogens with one attached hydrogen (secondary N) is 1. The third-order valence-corrected chi connectivity index (χ3v) is 3.81. The number of urea groups is 1. The number of hydrogen-bond acceptors (Lipinski definition) is 4. The molecular formula is C14H24N6O2. The summed E-state index contributed by atoms with van der Waals surface area (Å²) in [6.07, 6.45) is 3.28. The Morgan fingerprint density at radius 1 is 1.36 bits per heavy atom. The van der Waals surface area contributed by atoms with E-state index in [2.05, 4.69) is 15.6 Å². The highest BCUT2D eigenvalue weighted by Crippen LogP contribution is 2.18. The van der Waals surface area contributed by atoms with Crippen LogP contribution in [0.3, 0.4) is 0 Å². The molecule has 0 aromatic carbocycles. The molecule has 1 aromatic rings. The van der Waals surface area contributed by atoms with Gasteiger partial charge >= 0.3 is 6.03 Å². The third kappa shape index (κ3) is 4.19. The summed E-state index contributed by atoms with van der Waals surface area (Å²) >= 11 is 0. The first-order valence-corrected chi connectivity index (χ1v) is 7.58. The lowest BCUT2D eigenvalue weighted by Gasteiger charge is -2.33. The molecule has 3 amide bonds. The van der Waals surface area contributed by atoms with Gasteiger partial charge in [-0.2, -0.15) is 0 Å². The van der Waals surface area contributed by atoms with E-state index in [1.165, 1.54) is 0 Å². The first-order chi connectivity index (χ1) is 10.5. The molecule has 122 valence electrons. The number of rotatable bonds is 4. The molecule has 2 heterocycles. The maximum Gasteiger partial charge on any atom is 0.319 e. The SMILES string of the molecule is Cc1cn(CCNC(=O)C2CCN(C(=O)N(C)C)CC2)nn1. The van der Waals surface area contributed by atoms with Gasteiger partial charge in [0.25, 0.3) is 0 Å². The van der Waals surface area contributed by atoms with Crippen LogP contribution in [0.1, 0.15) is 18.5 Å². The van der Waals surface area contributed by atoms with E-state index in [0.29, 0.717) is 39.0 Å². The molecule has 1 fully saturated rings. The highest BCUT2D eigenvalue weighted by Gasteiger charge is 2.27. The van der Waals surface area contributed by atoms with Crippen LogP contribution in [-0.2, 0) is 11.3 Å². The fraction of sp³-hybridized carbons (Fsp3) is 0.714. The molecule has 1 N–H and O–H groups in total. The Bertz CT molecular complexity index is 519. The number of aryl methyl sites for hydroxylation is 1. The first-order valence-electron chi connectivity index (χ1n) is 7.58. The van der Waals surface area contributed by atoms with E-state index in [-0.39, 0.29) is 17.9 Å². The molecule has 1 saturated heterocycles. The van der Waals surface area contributed by atoms with Crippen molar-refractivity contribution in [2.75, 3.05) is 33.7 Å². The second-order valence-corrected chi connectivity index (χ2v) is 5.85. The van der Waals surface area contributed by atoms with Crippen molar-refractivity contribution in [2.45, 2.75) is 26.3 Å². The van der Waals surface area contributed by atoms with Crippen LogP contribution in [0.25, 0.3) is 0 Å². The van der Waals surface area contributed by atoms with Crippen LogP contribution in [-0.4, -0.2) is 70.5 Å². The highest BCUT2D eigenvalue weighted by molar-refractivity contribution is 5.79. The summed E-state index contributed by atoms with van der Waals surface area (Å²) < 4.78 is 1.72. The predicted octanol–water partition coefficient (Wildman–Crippen LogP) is 0.0963. The third-order valence-electron chi connectivity index (χ3n) is 3.81. The van der Waals surface area contributed by atoms with Crippen molar-refractivity contribution < 1.29 is 9.59 Å². The number of amides is 3. The van der Waals surface area contributed by atoms with E-state index < -0.39 is 0 Å². The minimum Gasteiger partial charge on any atom is -0.354 e. The Morgan fingerprint density at radius 2 is 2.05 bits per heavy atom. The van der Waals surface area contributed by atoms with Crippen LogP contribution < -0.4 is 5.32 Å². The summed E-state index contributed by atoms with van der Waals surface area (Å²) in [7, 11) is 3.49. The zero-order chi connectivity index (χ0) is 16.1. The number of nitrogens with zero attached hydrogens (tertiary/aromatic N) is 5. The van der Waals surface area contributed by atoms with Crippen LogP contribution >= 0.6 is 0 Å². The molecule has 0 unspecified atom stereocenters. The summed E-state index contributed by atoms with van der Waals surface area (Å²) in [5, 5.41) is 10.8. The minimum absolute atomic E-state index is 0.0105. The zero-order valence-electron chi connectivity index (χ0n) is 13.4. The summed E-state index contributed by atoms with van der Waals surface area (Å²) in [6.45, 7) is 4.31. The predicted molar refractivity (Wildman–Crippen MR) is 81.1 cm³/mol. The summed E-state index contributed by atoms with van der Waals surface area (Å²) in [6, 6.07) is 0.0143. The van der Waals surface area contributed by atoms with Crippen molar-refractivity contribution in [3.05, 3.63) is 11.9 Å². The van der Waals surface area contributed by atoms with Crippen LogP contribution in [0.4, 0.5) is 4.79 Å². The molecule has 0 bridgehead atoms. The first kappa shape index (κ1) is 16.3. The van der Waals surface area contributed by atoms with Gasteiger partial charge in [0.2, 0.25) is 5.91 Å². The van der Waals surface area contributed by atoms with Crippen LogP contribution in [0.15, 0.2) is 6.20 Å². The second kappa shape index (κ2) is 7.24. The van der Waals surface area contributed by atoms with Gasteiger partial charge in [0.1, 0.15) is 0 Å². The quantitative estimate of drug-likeness (QED) is 0.855. The Hall–Kier alpha value is -2.12. The van der Waals surface area contributed by atoms with Crippen molar-refractivity contribution in [1.82, 2.24) is 30.1 Å². The molecule has 1 aliphatic heterocycles. The highest BCUT2D eigenvalue weighted by atomic mass is 16.2. The van der Waals surface area contributed by atoms with Gasteiger partial charge in [0.15, 0.2) is 0 Å². The van der Waals surface area contributed by atoms with Gasteiger partial charge in [-0.05, 0) is 19.8 Å². The fourth-order valence-corrected chi connectivity index (χ4v) is 2.56. The largest absolute Gasteiger partial charge is 0.354 e. The molecule has 0 radical (unpaired) electrons. The molecule has 0 aliphatic carbocycles. The summed E-state index contributed by atoms with van der Waals surface area (Å²) in [5.41, 5.74) is 0.865. The lowest BCUT2D eigenvalue weighted by atomic mass is 9.96. The number of likely N-dealkylation sites (tertiary alicyclic amines) is 1. The van der Waals surface area contributed by atoms with Crippen LogP contribution in [0.2, 0.25) is 0 Å². The number of hydrogen-bond donors (Lipinski definition) is 1. The van der Waals surface area contributed by atoms with Gasteiger partial charge in [-0.3, -0.25) is 9.48 Å².